The van der Waals surface area contributed by atoms with Gasteiger partial charge in [-0.3, -0.25) is 9.36 Å². The minimum absolute atomic E-state index is 0.0883. The van der Waals surface area contributed by atoms with Crippen LogP contribution in [0.4, 0.5) is 0 Å². The van der Waals surface area contributed by atoms with Crippen LogP contribution >= 0.6 is 11.3 Å². The average molecular weight is 507 g/mol. The van der Waals surface area contributed by atoms with E-state index in [4.69, 9.17) is 14.2 Å². The van der Waals surface area contributed by atoms with Gasteiger partial charge in [-0.05, 0) is 64.0 Å². The first-order valence-electron chi connectivity index (χ1n) is 11.8. The molecule has 0 aliphatic carbocycles. The number of methoxy groups -OCH3 is 1. The molecule has 0 saturated carbocycles. The number of esters is 1. The molecule has 1 aliphatic heterocycles. The summed E-state index contributed by atoms with van der Waals surface area (Å²) >= 11 is 1.28. The van der Waals surface area contributed by atoms with E-state index in [1.165, 1.54) is 11.3 Å². The van der Waals surface area contributed by atoms with E-state index in [0.29, 0.717) is 31.9 Å². The fourth-order valence-electron chi connectivity index (χ4n) is 4.23. The molecule has 0 fully saturated rings. The summed E-state index contributed by atoms with van der Waals surface area (Å²) in [6.45, 7) is 9.58. The lowest BCUT2D eigenvalue weighted by atomic mass is 9.95. The summed E-state index contributed by atoms with van der Waals surface area (Å²) < 4.78 is 19.0. The molecule has 2 heterocycles. The van der Waals surface area contributed by atoms with Gasteiger partial charge in [0, 0.05) is 5.56 Å². The third kappa shape index (κ3) is 4.86. The summed E-state index contributed by atoms with van der Waals surface area (Å²) in [6, 6.07) is 12.5. The molecule has 0 radical (unpaired) electrons. The van der Waals surface area contributed by atoms with E-state index in [-0.39, 0.29) is 18.3 Å². The maximum absolute atomic E-state index is 13.8. The molecule has 1 atom stereocenters. The van der Waals surface area contributed by atoms with E-state index in [1.54, 1.807) is 25.5 Å². The second-order valence-electron chi connectivity index (χ2n) is 8.74. The lowest BCUT2D eigenvalue weighted by molar-refractivity contribution is -0.139. The fourth-order valence-corrected chi connectivity index (χ4v) is 5.28. The first-order chi connectivity index (χ1) is 17.2. The maximum Gasteiger partial charge on any atom is 0.338 e. The predicted octanol–water partition coefficient (Wildman–Crippen LogP) is 3.90. The van der Waals surface area contributed by atoms with Crippen LogP contribution in [0.15, 0.2) is 63.5 Å². The molecule has 7 nitrogen and oxygen atoms in total. The molecule has 1 unspecified atom stereocenters. The number of thiazole rings is 1. The van der Waals surface area contributed by atoms with Crippen molar-refractivity contribution in [2.45, 2.75) is 46.8 Å². The Labute approximate surface area is 214 Å². The molecule has 0 amide bonds. The van der Waals surface area contributed by atoms with Crippen molar-refractivity contribution >= 4 is 23.4 Å². The number of rotatable bonds is 7. The highest BCUT2D eigenvalue weighted by atomic mass is 32.1. The van der Waals surface area contributed by atoms with Gasteiger partial charge in [-0.25, -0.2) is 9.79 Å². The van der Waals surface area contributed by atoms with E-state index >= 15 is 0 Å². The van der Waals surface area contributed by atoms with Crippen molar-refractivity contribution in [3.63, 3.8) is 0 Å². The molecule has 1 aliphatic rings. The van der Waals surface area contributed by atoms with Gasteiger partial charge in [0.15, 0.2) is 4.80 Å². The Kier molecular flexibility index (Phi) is 7.45. The Bertz CT molecular complexity index is 1510. The summed E-state index contributed by atoms with van der Waals surface area (Å²) in [7, 11) is 1.62. The van der Waals surface area contributed by atoms with E-state index in [9.17, 15) is 9.59 Å². The number of hydrogen-bond donors (Lipinski definition) is 0. The lowest BCUT2D eigenvalue weighted by Crippen LogP contribution is -2.40. The maximum atomic E-state index is 13.8. The van der Waals surface area contributed by atoms with Crippen LogP contribution in [0.1, 0.15) is 50.4 Å². The van der Waals surface area contributed by atoms with E-state index in [0.717, 1.165) is 16.9 Å². The van der Waals surface area contributed by atoms with Crippen molar-refractivity contribution in [1.82, 2.24) is 4.57 Å². The van der Waals surface area contributed by atoms with Crippen molar-refractivity contribution < 1.29 is 19.0 Å². The molecule has 0 saturated heterocycles. The third-order valence-electron chi connectivity index (χ3n) is 5.82. The van der Waals surface area contributed by atoms with Crippen molar-refractivity contribution in [3.8, 4) is 11.5 Å². The first kappa shape index (κ1) is 25.4. The molecule has 36 heavy (non-hydrogen) atoms. The van der Waals surface area contributed by atoms with Gasteiger partial charge in [0.1, 0.15) is 17.5 Å². The second-order valence-corrected chi connectivity index (χ2v) is 9.74. The normalized spacial score (nSPS) is 15.5. The Balaban J connectivity index is 1.97. The highest BCUT2D eigenvalue weighted by molar-refractivity contribution is 7.07. The number of aryl methyl sites for hydroxylation is 1. The van der Waals surface area contributed by atoms with Crippen LogP contribution < -0.4 is 24.4 Å². The van der Waals surface area contributed by atoms with Crippen LogP contribution in [-0.2, 0) is 9.53 Å². The summed E-state index contributed by atoms with van der Waals surface area (Å²) in [5.41, 5.74) is 3.15. The number of para-hydroxylation sites is 1. The zero-order valence-electron chi connectivity index (χ0n) is 21.3. The molecule has 0 N–H and O–H groups in total. The summed E-state index contributed by atoms with van der Waals surface area (Å²) in [5.74, 6) is 0.849. The Morgan fingerprint density at radius 3 is 2.61 bits per heavy atom. The highest BCUT2D eigenvalue weighted by Gasteiger charge is 2.35. The SMILES string of the molecule is CCOC(=O)C1=C(C)N=c2s/c(=C\c3ccc(C)c(OC)c3)c(=O)n2C1c1ccccc1OC(C)C. The number of fused-ring (bicyclic) bond motifs is 1. The van der Waals surface area contributed by atoms with Crippen molar-refractivity contribution in [1.29, 1.82) is 0 Å². The van der Waals surface area contributed by atoms with Gasteiger partial charge in [0.05, 0.1) is 35.6 Å². The van der Waals surface area contributed by atoms with Crippen LogP contribution in [-0.4, -0.2) is 30.4 Å². The quantitative estimate of drug-likeness (QED) is 0.454. The zero-order chi connectivity index (χ0) is 26.0. The number of benzene rings is 2. The Morgan fingerprint density at radius 1 is 1.17 bits per heavy atom. The van der Waals surface area contributed by atoms with Gasteiger partial charge in [0.25, 0.3) is 5.56 Å². The van der Waals surface area contributed by atoms with Gasteiger partial charge >= 0.3 is 5.97 Å². The number of hydrogen-bond acceptors (Lipinski definition) is 7. The van der Waals surface area contributed by atoms with Crippen molar-refractivity contribution in [2.75, 3.05) is 13.7 Å². The van der Waals surface area contributed by atoms with E-state index < -0.39 is 12.0 Å². The van der Waals surface area contributed by atoms with Crippen LogP contribution in [0.3, 0.4) is 0 Å². The van der Waals surface area contributed by atoms with Crippen molar-refractivity contribution in [2.24, 2.45) is 4.99 Å². The fraction of sp³-hybridized carbons (Fsp3) is 0.321. The summed E-state index contributed by atoms with van der Waals surface area (Å²) in [6.07, 6.45) is 1.73. The third-order valence-corrected chi connectivity index (χ3v) is 6.81. The molecule has 188 valence electrons. The van der Waals surface area contributed by atoms with Gasteiger partial charge in [-0.1, -0.05) is 41.7 Å². The number of carbonyl (C=O) groups excluding carboxylic acids is 1. The molecule has 2 aromatic carbocycles. The standard InChI is InChI=1S/C28H30N2O5S/c1-7-34-27(32)24-18(5)29-28-30(25(24)20-10-8-9-11-21(20)35-16(2)3)26(31)23(36-28)15-19-13-12-17(4)22(14-19)33-6/h8-16,25H,7H2,1-6H3/b23-15-. The van der Waals surface area contributed by atoms with Gasteiger partial charge in [-0.2, -0.15) is 0 Å². The minimum Gasteiger partial charge on any atom is -0.496 e. The van der Waals surface area contributed by atoms with Crippen LogP contribution in [0.25, 0.3) is 6.08 Å². The molecule has 1 aromatic heterocycles. The lowest BCUT2D eigenvalue weighted by Gasteiger charge is -2.26. The smallest absolute Gasteiger partial charge is 0.338 e. The number of nitrogens with zero attached hydrogens (tertiary/aromatic N) is 2. The number of ether oxygens (including phenoxy) is 3. The molecular formula is C28H30N2O5S. The largest absolute Gasteiger partial charge is 0.496 e. The van der Waals surface area contributed by atoms with E-state index in [2.05, 4.69) is 4.99 Å². The zero-order valence-corrected chi connectivity index (χ0v) is 22.1. The summed E-state index contributed by atoms with van der Waals surface area (Å²) in [5, 5.41) is 0. The Hall–Kier alpha value is -3.65. The average Bonchev–Trinajstić information content (AvgIpc) is 3.14. The van der Waals surface area contributed by atoms with E-state index in [1.807, 2.05) is 69.3 Å². The minimum atomic E-state index is -0.732. The number of aromatic nitrogens is 1. The first-order valence-corrected chi connectivity index (χ1v) is 12.7. The Morgan fingerprint density at radius 2 is 1.92 bits per heavy atom. The molecule has 8 heteroatoms. The van der Waals surface area contributed by atoms with Crippen molar-refractivity contribution in [3.05, 3.63) is 90.1 Å². The van der Waals surface area contributed by atoms with Gasteiger partial charge in [-0.15, -0.1) is 0 Å². The number of allylic oxidation sites excluding steroid dienone is 1. The molecule has 4 rings (SSSR count). The van der Waals surface area contributed by atoms with Crippen LogP contribution in [0.5, 0.6) is 11.5 Å². The molecule has 0 bridgehead atoms. The highest BCUT2D eigenvalue weighted by Crippen LogP contribution is 2.36. The van der Waals surface area contributed by atoms with Gasteiger partial charge < -0.3 is 14.2 Å². The topological polar surface area (TPSA) is 79.1 Å². The van der Waals surface area contributed by atoms with Crippen LogP contribution in [0.2, 0.25) is 0 Å². The summed E-state index contributed by atoms with van der Waals surface area (Å²) in [4.78, 5) is 32.1. The molecule has 0 spiro atoms. The predicted molar refractivity (Wildman–Crippen MR) is 140 cm³/mol. The van der Waals surface area contributed by atoms with Gasteiger partial charge in [0.2, 0.25) is 0 Å². The van der Waals surface area contributed by atoms with Crippen LogP contribution in [0, 0.1) is 6.92 Å². The monoisotopic (exact) mass is 506 g/mol. The number of carbonyl (C=O) groups is 1. The second kappa shape index (κ2) is 10.5. The molecular weight excluding hydrogens is 476 g/mol. The molecule has 3 aromatic rings.